The lowest BCUT2D eigenvalue weighted by atomic mass is 10.00. The number of imidazole rings is 1. The predicted octanol–water partition coefficient (Wildman–Crippen LogP) is 3.15. The first-order valence-corrected chi connectivity index (χ1v) is 10.4. The van der Waals surface area contributed by atoms with Gasteiger partial charge >= 0.3 is 5.69 Å². The molecule has 7 heteroatoms. The van der Waals surface area contributed by atoms with Crippen molar-refractivity contribution in [3.8, 4) is 0 Å². The Bertz CT molecular complexity index is 1170. The monoisotopic (exact) mass is 406 g/mol. The lowest BCUT2D eigenvalue weighted by molar-refractivity contribution is -0.119. The number of fused-ring (bicyclic) bond motifs is 2. The highest BCUT2D eigenvalue weighted by Gasteiger charge is 2.27. The Labute approximate surface area is 174 Å². The zero-order valence-electron chi connectivity index (χ0n) is 17.4. The van der Waals surface area contributed by atoms with Crippen LogP contribution in [0.3, 0.4) is 0 Å². The van der Waals surface area contributed by atoms with Gasteiger partial charge in [0.2, 0.25) is 11.8 Å². The quantitative estimate of drug-likeness (QED) is 0.707. The van der Waals surface area contributed by atoms with Crippen LogP contribution in [-0.2, 0) is 29.1 Å². The Kier molecular flexibility index (Phi) is 5.44. The van der Waals surface area contributed by atoms with Crippen LogP contribution in [0.5, 0.6) is 0 Å². The molecule has 2 heterocycles. The second kappa shape index (κ2) is 8.18. The molecule has 0 atom stereocenters. The zero-order chi connectivity index (χ0) is 21.3. The Morgan fingerprint density at radius 1 is 1.03 bits per heavy atom. The minimum absolute atomic E-state index is 0.0378. The third kappa shape index (κ3) is 3.51. The van der Waals surface area contributed by atoms with Gasteiger partial charge in [0.25, 0.3) is 0 Å². The van der Waals surface area contributed by atoms with Crippen LogP contribution in [0.15, 0.2) is 47.3 Å². The molecule has 3 aromatic rings. The number of hydrogen-bond acceptors (Lipinski definition) is 3. The molecule has 1 N–H and O–H groups in total. The van der Waals surface area contributed by atoms with E-state index in [1.54, 1.807) is 14.0 Å². The average Bonchev–Trinajstić information content (AvgIpc) is 2.99. The summed E-state index contributed by atoms with van der Waals surface area (Å²) in [6, 6.07) is 13.3. The van der Waals surface area contributed by atoms with Crippen molar-refractivity contribution in [2.45, 2.75) is 46.2 Å². The SMILES string of the molecule is CCCn1c(=O)n(CC(=O)N2CCCc3cccc(NC(C)=O)c32)c2ccccc21. The molecule has 0 bridgehead atoms. The number of amides is 2. The number of para-hydroxylation sites is 3. The van der Waals surface area contributed by atoms with Gasteiger partial charge in [0.15, 0.2) is 0 Å². The van der Waals surface area contributed by atoms with Crippen LogP contribution in [0, 0.1) is 0 Å². The summed E-state index contributed by atoms with van der Waals surface area (Å²) in [6.07, 6.45) is 2.53. The van der Waals surface area contributed by atoms with Crippen LogP contribution in [0.2, 0.25) is 0 Å². The van der Waals surface area contributed by atoms with Gasteiger partial charge < -0.3 is 10.2 Å². The molecular weight excluding hydrogens is 380 g/mol. The molecule has 1 aromatic heterocycles. The summed E-state index contributed by atoms with van der Waals surface area (Å²) in [6.45, 7) is 4.61. The number of anilines is 2. The molecule has 0 radical (unpaired) electrons. The van der Waals surface area contributed by atoms with E-state index in [2.05, 4.69) is 5.32 Å². The minimum Gasteiger partial charge on any atom is -0.325 e. The van der Waals surface area contributed by atoms with Gasteiger partial charge in [0, 0.05) is 20.0 Å². The van der Waals surface area contributed by atoms with Crippen molar-refractivity contribution in [2.24, 2.45) is 0 Å². The van der Waals surface area contributed by atoms with Gasteiger partial charge in [-0.3, -0.25) is 18.7 Å². The highest BCUT2D eigenvalue weighted by Crippen LogP contribution is 2.35. The zero-order valence-corrected chi connectivity index (χ0v) is 17.4. The van der Waals surface area contributed by atoms with Gasteiger partial charge in [-0.05, 0) is 43.0 Å². The van der Waals surface area contributed by atoms with E-state index in [4.69, 9.17) is 0 Å². The summed E-state index contributed by atoms with van der Waals surface area (Å²) < 4.78 is 3.29. The Hall–Kier alpha value is -3.35. The fourth-order valence-corrected chi connectivity index (χ4v) is 4.28. The van der Waals surface area contributed by atoms with Crippen molar-refractivity contribution in [1.29, 1.82) is 0 Å². The molecule has 7 nitrogen and oxygen atoms in total. The van der Waals surface area contributed by atoms with E-state index in [1.807, 2.05) is 49.4 Å². The molecular formula is C23H26N4O3. The highest BCUT2D eigenvalue weighted by molar-refractivity contribution is 6.02. The van der Waals surface area contributed by atoms with Gasteiger partial charge in [0.05, 0.1) is 22.4 Å². The molecule has 4 rings (SSSR count). The van der Waals surface area contributed by atoms with Crippen molar-refractivity contribution in [2.75, 3.05) is 16.8 Å². The average molecular weight is 406 g/mol. The summed E-state index contributed by atoms with van der Waals surface area (Å²) in [7, 11) is 0. The maximum Gasteiger partial charge on any atom is 0.329 e. The van der Waals surface area contributed by atoms with E-state index >= 15 is 0 Å². The maximum atomic E-state index is 13.4. The molecule has 0 saturated carbocycles. The number of carbonyl (C=O) groups excluding carboxylic acids is 2. The molecule has 156 valence electrons. The third-order valence-corrected chi connectivity index (χ3v) is 5.49. The molecule has 0 aliphatic carbocycles. The lowest BCUT2D eigenvalue weighted by Crippen LogP contribution is -2.40. The van der Waals surface area contributed by atoms with Crippen molar-refractivity contribution >= 4 is 34.2 Å². The van der Waals surface area contributed by atoms with E-state index in [1.165, 1.54) is 6.92 Å². The van der Waals surface area contributed by atoms with E-state index in [0.29, 0.717) is 18.8 Å². The van der Waals surface area contributed by atoms with E-state index in [-0.39, 0.29) is 24.0 Å². The normalized spacial score (nSPS) is 13.3. The number of aromatic nitrogens is 2. The third-order valence-electron chi connectivity index (χ3n) is 5.49. The van der Waals surface area contributed by atoms with Gasteiger partial charge in [-0.15, -0.1) is 0 Å². The van der Waals surface area contributed by atoms with E-state index < -0.39 is 0 Å². The molecule has 0 unspecified atom stereocenters. The van der Waals surface area contributed by atoms with Gasteiger partial charge in [0.1, 0.15) is 6.54 Å². The number of nitrogens with zero attached hydrogens (tertiary/aromatic N) is 3. The van der Waals surface area contributed by atoms with Crippen molar-refractivity contribution in [3.05, 3.63) is 58.5 Å². The first-order valence-electron chi connectivity index (χ1n) is 10.4. The molecule has 0 fully saturated rings. The fourth-order valence-electron chi connectivity index (χ4n) is 4.28. The largest absolute Gasteiger partial charge is 0.329 e. The van der Waals surface area contributed by atoms with Crippen LogP contribution in [0.1, 0.15) is 32.3 Å². The Morgan fingerprint density at radius 2 is 1.77 bits per heavy atom. The van der Waals surface area contributed by atoms with Crippen LogP contribution < -0.4 is 15.9 Å². The molecule has 1 aliphatic rings. The Morgan fingerprint density at radius 3 is 2.47 bits per heavy atom. The van der Waals surface area contributed by atoms with Crippen LogP contribution >= 0.6 is 0 Å². The molecule has 0 spiro atoms. The first kappa shape index (κ1) is 19.9. The highest BCUT2D eigenvalue weighted by atomic mass is 16.2. The first-order chi connectivity index (χ1) is 14.5. The molecule has 2 amide bonds. The van der Waals surface area contributed by atoms with Crippen LogP contribution in [0.4, 0.5) is 11.4 Å². The number of aryl methyl sites for hydroxylation is 2. The van der Waals surface area contributed by atoms with Gasteiger partial charge in [-0.25, -0.2) is 4.79 Å². The van der Waals surface area contributed by atoms with Gasteiger partial charge in [-0.1, -0.05) is 31.2 Å². The van der Waals surface area contributed by atoms with E-state index in [0.717, 1.165) is 41.5 Å². The molecule has 1 aliphatic heterocycles. The topological polar surface area (TPSA) is 76.3 Å². The summed E-state index contributed by atoms with van der Waals surface area (Å²) in [5, 5.41) is 2.84. The number of carbonyl (C=O) groups is 2. The minimum atomic E-state index is -0.180. The Balaban J connectivity index is 1.73. The molecule has 2 aromatic carbocycles. The second-order valence-corrected chi connectivity index (χ2v) is 7.65. The summed E-state index contributed by atoms with van der Waals surface area (Å²) in [4.78, 5) is 39.8. The van der Waals surface area contributed by atoms with Crippen molar-refractivity contribution in [3.63, 3.8) is 0 Å². The second-order valence-electron chi connectivity index (χ2n) is 7.65. The molecule has 30 heavy (non-hydrogen) atoms. The van der Waals surface area contributed by atoms with Gasteiger partial charge in [-0.2, -0.15) is 0 Å². The lowest BCUT2D eigenvalue weighted by Gasteiger charge is -2.31. The van der Waals surface area contributed by atoms with E-state index in [9.17, 15) is 14.4 Å². The maximum absolute atomic E-state index is 13.4. The van der Waals surface area contributed by atoms with Crippen molar-refractivity contribution in [1.82, 2.24) is 9.13 Å². The standard InChI is InChI=1S/C23H26N4O3/c1-3-13-25-19-11-4-5-12-20(19)27(23(25)30)15-21(29)26-14-7-9-17-8-6-10-18(22(17)26)24-16(2)28/h4-6,8,10-12H,3,7,9,13-15H2,1-2H3,(H,24,28). The summed E-state index contributed by atoms with van der Waals surface area (Å²) in [5.74, 6) is -0.338. The number of hydrogen-bond donors (Lipinski definition) is 1. The smallest absolute Gasteiger partial charge is 0.325 e. The number of rotatable bonds is 5. The number of benzene rings is 2. The summed E-state index contributed by atoms with van der Waals surface area (Å²) in [5.41, 5.74) is 3.84. The number of nitrogens with one attached hydrogen (secondary N) is 1. The van der Waals surface area contributed by atoms with Crippen LogP contribution in [0.25, 0.3) is 11.0 Å². The fraction of sp³-hybridized carbons (Fsp3) is 0.348. The predicted molar refractivity (Wildman–Crippen MR) is 118 cm³/mol. The summed E-state index contributed by atoms with van der Waals surface area (Å²) >= 11 is 0. The van der Waals surface area contributed by atoms with Crippen molar-refractivity contribution < 1.29 is 9.59 Å². The molecule has 0 saturated heterocycles. The van der Waals surface area contributed by atoms with Crippen LogP contribution in [-0.4, -0.2) is 27.5 Å².